The summed E-state index contributed by atoms with van der Waals surface area (Å²) in [7, 11) is 1.52. The van der Waals surface area contributed by atoms with Crippen LogP contribution in [0.4, 0.5) is 10.6 Å². The summed E-state index contributed by atoms with van der Waals surface area (Å²) >= 11 is 0. The highest BCUT2D eigenvalue weighted by Gasteiger charge is 2.20. The number of carbonyl (C=O) groups excluding carboxylic acids is 2. The number of amides is 2. The molecule has 7 heteroatoms. The van der Waals surface area contributed by atoms with Crippen molar-refractivity contribution in [3.05, 3.63) is 23.4 Å². The van der Waals surface area contributed by atoms with Crippen LogP contribution in [0.5, 0.6) is 0 Å². The Morgan fingerprint density at radius 1 is 1.41 bits per heavy atom. The van der Waals surface area contributed by atoms with Crippen molar-refractivity contribution in [3.63, 3.8) is 0 Å². The maximum Gasteiger partial charge on any atom is 0.322 e. The number of aryl methyl sites for hydroxylation is 1. The van der Waals surface area contributed by atoms with Crippen molar-refractivity contribution < 1.29 is 19.5 Å². The van der Waals surface area contributed by atoms with Crippen molar-refractivity contribution in [3.8, 4) is 0 Å². The lowest BCUT2D eigenvalue weighted by Gasteiger charge is -2.20. The molecule has 2 rings (SSSR count). The number of aliphatic carboxylic acids is 1. The van der Waals surface area contributed by atoms with Gasteiger partial charge in [0.25, 0.3) is 0 Å². The molecule has 0 saturated carbocycles. The number of pyridine rings is 1. The highest BCUT2D eigenvalue weighted by Crippen LogP contribution is 2.21. The molecule has 1 aliphatic rings. The van der Waals surface area contributed by atoms with Crippen LogP contribution >= 0.6 is 0 Å². The molecule has 22 heavy (non-hydrogen) atoms. The fourth-order valence-electron chi connectivity index (χ4n) is 2.34. The Bertz CT molecular complexity index is 615. The highest BCUT2D eigenvalue weighted by atomic mass is 16.4. The summed E-state index contributed by atoms with van der Waals surface area (Å²) in [5.41, 5.74) is 1.33. The van der Waals surface area contributed by atoms with Crippen LogP contribution < -0.4 is 5.32 Å². The van der Waals surface area contributed by atoms with Gasteiger partial charge >= 0.3 is 12.0 Å². The average molecular weight is 305 g/mol. The van der Waals surface area contributed by atoms with Crippen LogP contribution in [-0.2, 0) is 11.2 Å². The molecule has 0 saturated heterocycles. The van der Waals surface area contributed by atoms with Crippen LogP contribution in [0.1, 0.15) is 35.8 Å². The number of fused-ring (bicyclic) bond motifs is 1. The van der Waals surface area contributed by atoms with Gasteiger partial charge in [-0.15, -0.1) is 0 Å². The number of anilines is 1. The van der Waals surface area contributed by atoms with Gasteiger partial charge in [0.2, 0.25) is 0 Å². The fourth-order valence-corrected chi connectivity index (χ4v) is 2.34. The minimum absolute atomic E-state index is 0.0824. The van der Waals surface area contributed by atoms with Crippen LogP contribution in [0, 0.1) is 5.92 Å². The maximum atomic E-state index is 12.0. The molecule has 1 atom stereocenters. The van der Waals surface area contributed by atoms with Crippen molar-refractivity contribution in [1.82, 2.24) is 9.88 Å². The summed E-state index contributed by atoms with van der Waals surface area (Å²) in [6, 6.07) is 2.84. The smallest absolute Gasteiger partial charge is 0.322 e. The van der Waals surface area contributed by atoms with Crippen LogP contribution in [0.15, 0.2) is 12.1 Å². The van der Waals surface area contributed by atoms with Gasteiger partial charge in [0.15, 0.2) is 5.78 Å². The molecule has 0 spiro atoms. The molecule has 0 aromatic carbocycles. The van der Waals surface area contributed by atoms with Gasteiger partial charge in [0.05, 0.1) is 11.6 Å². The number of nitrogens with one attached hydrogen (secondary N) is 1. The molecule has 7 nitrogen and oxygen atoms in total. The van der Waals surface area contributed by atoms with Crippen LogP contribution in [0.25, 0.3) is 0 Å². The van der Waals surface area contributed by atoms with E-state index >= 15 is 0 Å². The van der Waals surface area contributed by atoms with Gasteiger partial charge in [0.1, 0.15) is 5.82 Å². The van der Waals surface area contributed by atoms with Crippen molar-refractivity contribution >= 4 is 23.6 Å². The summed E-state index contributed by atoms with van der Waals surface area (Å²) < 4.78 is 0. The Hall–Kier alpha value is -2.44. The number of nitrogens with zero attached hydrogens (tertiary/aromatic N) is 2. The fraction of sp³-hybridized carbons (Fsp3) is 0.467. The van der Waals surface area contributed by atoms with Crippen LogP contribution in [-0.4, -0.2) is 46.4 Å². The monoisotopic (exact) mass is 305 g/mol. The molecule has 1 aromatic rings. The van der Waals surface area contributed by atoms with E-state index < -0.39 is 17.9 Å². The lowest BCUT2D eigenvalue weighted by molar-refractivity contribution is -0.141. The maximum absolute atomic E-state index is 12.0. The van der Waals surface area contributed by atoms with Crippen molar-refractivity contribution in [2.45, 2.75) is 26.2 Å². The number of carboxylic acid groups (broad SMARTS) is 1. The third-order valence-electron chi connectivity index (χ3n) is 3.64. The lowest BCUT2D eigenvalue weighted by atomic mass is 9.95. The molecule has 1 heterocycles. The summed E-state index contributed by atoms with van der Waals surface area (Å²) in [5.74, 6) is -1.15. The Balaban J connectivity index is 2.03. The van der Waals surface area contributed by atoms with E-state index in [1.807, 2.05) is 0 Å². The predicted octanol–water partition coefficient (Wildman–Crippen LogP) is 1.79. The van der Waals surface area contributed by atoms with E-state index in [2.05, 4.69) is 10.3 Å². The van der Waals surface area contributed by atoms with Crippen LogP contribution in [0.3, 0.4) is 0 Å². The van der Waals surface area contributed by atoms with E-state index in [1.165, 1.54) is 18.9 Å². The predicted molar refractivity (Wildman–Crippen MR) is 80.0 cm³/mol. The second-order valence-corrected chi connectivity index (χ2v) is 5.52. The summed E-state index contributed by atoms with van der Waals surface area (Å²) in [4.78, 5) is 40.1. The molecule has 0 bridgehead atoms. The number of aromatic nitrogens is 1. The first-order valence-electron chi connectivity index (χ1n) is 7.16. The molecule has 1 aliphatic carbocycles. The Morgan fingerprint density at radius 2 is 2.14 bits per heavy atom. The number of hydrogen-bond donors (Lipinski definition) is 2. The molecule has 0 fully saturated rings. The third-order valence-corrected chi connectivity index (χ3v) is 3.64. The zero-order valence-electron chi connectivity index (χ0n) is 12.6. The number of ketones is 1. The Kier molecular flexibility index (Phi) is 4.75. The number of Topliss-reactive ketones (excluding diaryl/α,β-unsaturated/α-hetero) is 1. The quantitative estimate of drug-likeness (QED) is 0.883. The standard InChI is InChI=1S/C15H19N3O4/c1-9(14(20)21)8-18(2)15(22)17-13-7-6-10-11(16-13)4-3-5-12(10)19/h6-7,9H,3-5,8H2,1-2H3,(H,20,21)(H,16,17,22). The largest absolute Gasteiger partial charge is 0.481 e. The van der Waals surface area contributed by atoms with Gasteiger partial charge in [-0.05, 0) is 25.0 Å². The first-order valence-corrected chi connectivity index (χ1v) is 7.16. The van der Waals surface area contributed by atoms with Gasteiger partial charge in [-0.3, -0.25) is 14.9 Å². The zero-order valence-corrected chi connectivity index (χ0v) is 12.6. The number of carboxylic acids is 1. The molecule has 2 N–H and O–H groups in total. The summed E-state index contributed by atoms with van der Waals surface area (Å²) in [6.07, 6.45) is 2.03. The van der Waals surface area contributed by atoms with Gasteiger partial charge < -0.3 is 10.0 Å². The van der Waals surface area contributed by atoms with E-state index in [4.69, 9.17) is 5.11 Å². The molecule has 1 aromatic heterocycles. The normalized spacial score (nSPS) is 14.9. The minimum atomic E-state index is -0.954. The second-order valence-electron chi connectivity index (χ2n) is 5.52. The summed E-state index contributed by atoms with van der Waals surface area (Å²) in [6.45, 7) is 1.64. The number of rotatable bonds is 4. The van der Waals surface area contributed by atoms with E-state index in [0.717, 1.165) is 12.8 Å². The first kappa shape index (κ1) is 15.9. The first-order chi connectivity index (χ1) is 10.4. The van der Waals surface area contributed by atoms with Crippen molar-refractivity contribution in [2.75, 3.05) is 18.9 Å². The molecule has 0 aliphatic heterocycles. The Labute approximate surface area is 128 Å². The topological polar surface area (TPSA) is 99.6 Å². The average Bonchev–Trinajstić information content (AvgIpc) is 2.47. The number of carbonyl (C=O) groups is 3. The number of urea groups is 1. The molecule has 2 amide bonds. The van der Waals surface area contributed by atoms with E-state index in [9.17, 15) is 14.4 Å². The summed E-state index contributed by atoms with van der Waals surface area (Å²) in [5, 5.41) is 11.5. The minimum Gasteiger partial charge on any atom is -0.481 e. The Morgan fingerprint density at radius 3 is 2.82 bits per heavy atom. The van der Waals surface area contributed by atoms with Crippen molar-refractivity contribution in [2.24, 2.45) is 5.92 Å². The number of hydrogen-bond acceptors (Lipinski definition) is 4. The lowest BCUT2D eigenvalue weighted by Crippen LogP contribution is -2.36. The van der Waals surface area contributed by atoms with Gasteiger partial charge in [-0.25, -0.2) is 9.78 Å². The van der Waals surface area contributed by atoms with E-state index in [0.29, 0.717) is 23.5 Å². The second kappa shape index (κ2) is 6.55. The van der Waals surface area contributed by atoms with Gasteiger partial charge in [0, 0.05) is 25.6 Å². The molecule has 118 valence electrons. The molecular weight excluding hydrogens is 286 g/mol. The van der Waals surface area contributed by atoms with Gasteiger partial charge in [-0.1, -0.05) is 6.92 Å². The third kappa shape index (κ3) is 3.60. The van der Waals surface area contributed by atoms with E-state index in [-0.39, 0.29) is 12.3 Å². The highest BCUT2D eigenvalue weighted by molar-refractivity contribution is 5.98. The molecule has 1 unspecified atom stereocenters. The zero-order chi connectivity index (χ0) is 16.3. The van der Waals surface area contributed by atoms with Crippen LogP contribution in [0.2, 0.25) is 0 Å². The van der Waals surface area contributed by atoms with Crippen molar-refractivity contribution in [1.29, 1.82) is 0 Å². The molecular formula is C15H19N3O4. The van der Waals surface area contributed by atoms with E-state index in [1.54, 1.807) is 12.1 Å². The SMILES string of the molecule is CC(CN(C)C(=O)Nc1ccc2c(n1)CCCC2=O)C(=O)O. The molecule has 0 radical (unpaired) electrons. The van der Waals surface area contributed by atoms with Gasteiger partial charge in [-0.2, -0.15) is 0 Å².